The number of carbonyl (C=O) groups is 1. The molecule has 7 heteroatoms. The normalized spacial score (nSPS) is 14.8. The summed E-state index contributed by atoms with van der Waals surface area (Å²) in [5, 5.41) is 12.5. The summed E-state index contributed by atoms with van der Waals surface area (Å²) in [6, 6.07) is 10.7. The number of hydrogen-bond acceptors (Lipinski definition) is 6. The summed E-state index contributed by atoms with van der Waals surface area (Å²) in [4.78, 5) is 14.9. The first kappa shape index (κ1) is 19.5. The Kier molecular flexibility index (Phi) is 5.73. The summed E-state index contributed by atoms with van der Waals surface area (Å²) < 4.78 is 11.1. The van der Waals surface area contributed by atoms with Crippen molar-refractivity contribution in [1.82, 2.24) is 4.90 Å². The van der Waals surface area contributed by atoms with Gasteiger partial charge in [-0.25, -0.2) is 0 Å². The van der Waals surface area contributed by atoms with Gasteiger partial charge in [-0.3, -0.25) is 4.79 Å². The Hall–Kier alpha value is -3.22. The van der Waals surface area contributed by atoms with Crippen LogP contribution in [0.5, 0.6) is 11.5 Å². The first-order valence-corrected chi connectivity index (χ1v) is 9.16. The van der Waals surface area contributed by atoms with E-state index in [9.17, 15) is 10.0 Å². The molecule has 0 saturated heterocycles. The largest absolute Gasteiger partial charge is 0.493 e. The fourth-order valence-corrected chi connectivity index (χ4v) is 3.56. The summed E-state index contributed by atoms with van der Waals surface area (Å²) in [6.07, 6.45) is 0.383. The molecule has 3 rings (SSSR count). The number of nitrogen functional groups attached to an aromatic ring is 1. The lowest BCUT2D eigenvalue weighted by Gasteiger charge is -2.29. The van der Waals surface area contributed by atoms with Gasteiger partial charge in [0.2, 0.25) is 0 Å². The molecule has 0 aromatic heterocycles. The number of methoxy groups -OCH3 is 1. The van der Waals surface area contributed by atoms with Gasteiger partial charge in [0.25, 0.3) is 5.91 Å². The molecule has 1 aliphatic heterocycles. The summed E-state index contributed by atoms with van der Waals surface area (Å²) in [6.45, 7) is 4.56. The average molecular weight is 383 g/mol. The van der Waals surface area contributed by atoms with Crippen molar-refractivity contribution in [3.63, 3.8) is 0 Å². The number of nitrogens with zero attached hydrogens (tertiary/aromatic N) is 2. The molecule has 3 N–H and O–H groups in total. The minimum Gasteiger partial charge on any atom is -0.493 e. The number of oxime groups is 1. The van der Waals surface area contributed by atoms with Gasteiger partial charge >= 0.3 is 0 Å². The van der Waals surface area contributed by atoms with Crippen LogP contribution in [0.3, 0.4) is 0 Å². The Morgan fingerprint density at radius 1 is 1.32 bits per heavy atom. The number of benzene rings is 2. The molecule has 7 nitrogen and oxygen atoms in total. The lowest BCUT2D eigenvalue weighted by molar-refractivity contribution is 0.0705. The zero-order valence-corrected chi connectivity index (χ0v) is 16.3. The third-order valence-electron chi connectivity index (χ3n) is 4.91. The van der Waals surface area contributed by atoms with Crippen LogP contribution in [0.15, 0.2) is 41.6 Å². The lowest BCUT2D eigenvalue weighted by Crippen LogP contribution is -2.30. The molecule has 0 spiro atoms. The van der Waals surface area contributed by atoms with Gasteiger partial charge < -0.3 is 25.3 Å². The number of hydrogen-bond donors (Lipinski definition) is 2. The molecule has 1 atom stereocenters. The first-order valence-electron chi connectivity index (χ1n) is 9.16. The highest BCUT2D eigenvalue weighted by Crippen LogP contribution is 2.38. The molecule has 0 aliphatic carbocycles. The topological polar surface area (TPSA) is 97.4 Å². The van der Waals surface area contributed by atoms with E-state index in [1.54, 1.807) is 25.0 Å². The van der Waals surface area contributed by atoms with Crippen LogP contribution < -0.4 is 15.2 Å². The Bertz CT molecular complexity index is 911. The summed E-state index contributed by atoms with van der Waals surface area (Å²) in [7, 11) is 1.58. The molecule has 0 saturated carbocycles. The molecule has 148 valence electrons. The van der Waals surface area contributed by atoms with Crippen LogP contribution in [0.1, 0.15) is 47.8 Å². The minimum absolute atomic E-state index is 0.127. The molecular weight excluding hydrogens is 358 g/mol. The van der Waals surface area contributed by atoms with Crippen molar-refractivity contribution in [2.75, 3.05) is 19.5 Å². The zero-order chi connectivity index (χ0) is 20.3. The standard InChI is InChI=1S/C21H25N3O4/c1-4-28-19-11-14(8-9-18(19)27-3)17(10-13(2)23-26)24-12-15-6-5-7-16(22)20(15)21(24)25/h5-9,11,17,26H,4,10,12,22H2,1-3H3. The molecule has 0 bridgehead atoms. The fourth-order valence-electron chi connectivity index (χ4n) is 3.56. The van der Waals surface area contributed by atoms with Crippen LogP contribution in [-0.4, -0.2) is 35.4 Å². The number of rotatable bonds is 7. The van der Waals surface area contributed by atoms with Gasteiger partial charge in [0, 0.05) is 18.7 Å². The number of carbonyl (C=O) groups excluding carboxylic acids is 1. The van der Waals surface area contributed by atoms with E-state index in [-0.39, 0.29) is 11.9 Å². The summed E-state index contributed by atoms with van der Waals surface area (Å²) in [5.41, 5.74) is 9.35. The molecule has 0 fully saturated rings. The quantitative estimate of drug-likeness (QED) is 0.329. The Balaban J connectivity index is 2.03. The van der Waals surface area contributed by atoms with E-state index in [1.807, 2.05) is 37.3 Å². The lowest BCUT2D eigenvalue weighted by atomic mass is 9.99. The van der Waals surface area contributed by atoms with Gasteiger partial charge in [0.05, 0.1) is 31.0 Å². The smallest absolute Gasteiger partial charge is 0.257 e. The fraction of sp³-hybridized carbons (Fsp3) is 0.333. The highest BCUT2D eigenvalue weighted by atomic mass is 16.5. The number of nitrogens with two attached hydrogens (primary N) is 1. The Labute approximate surface area is 164 Å². The maximum absolute atomic E-state index is 13.1. The van der Waals surface area contributed by atoms with Crippen molar-refractivity contribution in [2.45, 2.75) is 32.9 Å². The van der Waals surface area contributed by atoms with Gasteiger partial charge in [0.1, 0.15) is 0 Å². The zero-order valence-electron chi connectivity index (χ0n) is 16.3. The molecule has 1 unspecified atom stereocenters. The van der Waals surface area contributed by atoms with E-state index in [0.29, 0.717) is 48.0 Å². The SMILES string of the molecule is CCOc1cc(C(CC(C)=NO)N2Cc3cccc(N)c3C2=O)ccc1OC. The predicted octanol–water partition coefficient (Wildman–Crippen LogP) is 3.61. The second-order valence-electron chi connectivity index (χ2n) is 6.71. The van der Waals surface area contributed by atoms with E-state index in [1.165, 1.54) is 0 Å². The highest BCUT2D eigenvalue weighted by molar-refractivity contribution is 6.03. The highest BCUT2D eigenvalue weighted by Gasteiger charge is 2.35. The van der Waals surface area contributed by atoms with E-state index in [2.05, 4.69) is 5.16 Å². The van der Waals surface area contributed by atoms with Crippen molar-refractivity contribution in [3.8, 4) is 11.5 Å². The Morgan fingerprint density at radius 2 is 2.11 bits per heavy atom. The van der Waals surface area contributed by atoms with Crippen LogP contribution >= 0.6 is 0 Å². The average Bonchev–Trinajstić information content (AvgIpc) is 3.03. The molecule has 2 aromatic carbocycles. The van der Waals surface area contributed by atoms with Crippen LogP contribution in [0.25, 0.3) is 0 Å². The summed E-state index contributed by atoms with van der Waals surface area (Å²) >= 11 is 0. The third-order valence-corrected chi connectivity index (χ3v) is 4.91. The second-order valence-corrected chi connectivity index (χ2v) is 6.71. The number of amides is 1. The van der Waals surface area contributed by atoms with Crippen molar-refractivity contribution in [2.24, 2.45) is 5.16 Å². The van der Waals surface area contributed by atoms with E-state index in [4.69, 9.17) is 15.2 Å². The number of ether oxygens (including phenoxy) is 2. The second kappa shape index (κ2) is 8.21. The molecular formula is C21H25N3O4. The minimum atomic E-state index is -0.333. The van der Waals surface area contributed by atoms with Gasteiger partial charge in [-0.2, -0.15) is 0 Å². The van der Waals surface area contributed by atoms with Gasteiger partial charge in [-0.15, -0.1) is 0 Å². The van der Waals surface area contributed by atoms with Gasteiger partial charge in [-0.05, 0) is 43.2 Å². The third kappa shape index (κ3) is 3.60. The first-order chi connectivity index (χ1) is 13.5. The van der Waals surface area contributed by atoms with Crippen molar-refractivity contribution in [3.05, 3.63) is 53.1 Å². The molecule has 2 aromatic rings. The van der Waals surface area contributed by atoms with Crippen LogP contribution in [-0.2, 0) is 6.54 Å². The monoisotopic (exact) mass is 383 g/mol. The Morgan fingerprint density at radius 3 is 2.75 bits per heavy atom. The molecule has 28 heavy (non-hydrogen) atoms. The predicted molar refractivity (Wildman–Crippen MR) is 107 cm³/mol. The van der Waals surface area contributed by atoms with Crippen molar-refractivity contribution >= 4 is 17.3 Å². The van der Waals surface area contributed by atoms with E-state index < -0.39 is 0 Å². The maximum atomic E-state index is 13.1. The van der Waals surface area contributed by atoms with Gasteiger partial charge in [0.15, 0.2) is 11.5 Å². The van der Waals surface area contributed by atoms with Crippen LogP contribution in [0.4, 0.5) is 5.69 Å². The van der Waals surface area contributed by atoms with Crippen molar-refractivity contribution < 1.29 is 19.5 Å². The molecule has 1 amide bonds. The number of anilines is 1. The maximum Gasteiger partial charge on any atom is 0.257 e. The summed E-state index contributed by atoms with van der Waals surface area (Å²) in [5.74, 6) is 1.10. The molecule has 1 heterocycles. The molecule has 0 radical (unpaired) electrons. The molecule has 1 aliphatic rings. The van der Waals surface area contributed by atoms with E-state index >= 15 is 0 Å². The number of fused-ring (bicyclic) bond motifs is 1. The van der Waals surface area contributed by atoms with Crippen LogP contribution in [0.2, 0.25) is 0 Å². The van der Waals surface area contributed by atoms with Crippen LogP contribution in [0, 0.1) is 0 Å². The van der Waals surface area contributed by atoms with Crippen molar-refractivity contribution in [1.29, 1.82) is 0 Å². The van der Waals surface area contributed by atoms with Gasteiger partial charge in [-0.1, -0.05) is 23.4 Å². The van der Waals surface area contributed by atoms with E-state index in [0.717, 1.165) is 11.1 Å².